The molecule has 0 aliphatic carbocycles. The molecule has 0 fully saturated rings. The normalized spacial score (nSPS) is 10.9. The van der Waals surface area contributed by atoms with Crippen molar-refractivity contribution in [3.63, 3.8) is 0 Å². The van der Waals surface area contributed by atoms with E-state index in [1.807, 2.05) is 13.1 Å². The van der Waals surface area contributed by atoms with Crippen LogP contribution in [0.1, 0.15) is 32.4 Å². The number of rotatable bonds is 15. The molecule has 1 rings (SSSR count). The summed E-state index contributed by atoms with van der Waals surface area (Å²) in [7, 11) is 0. The predicted octanol–water partition coefficient (Wildman–Crippen LogP) is 0.807. The van der Waals surface area contributed by atoms with E-state index < -0.39 is 0 Å². The van der Waals surface area contributed by atoms with Crippen LogP contribution in [-0.2, 0) is 32.0 Å². The average Bonchev–Trinajstić information content (AvgIpc) is 3.03. The molecule has 1 aromatic heterocycles. The summed E-state index contributed by atoms with van der Waals surface area (Å²) in [6.45, 7) is 8.39. The molecule has 0 saturated carbocycles. The number of ether oxygens (including phenoxy) is 3. The molecule has 0 unspecified atom stereocenters. The monoisotopic (exact) mass is 342 g/mol. The maximum atomic E-state index is 11.0. The van der Waals surface area contributed by atoms with Gasteiger partial charge in [-0.05, 0) is 6.42 Å². The second kappa shape index (κ2) is 13.9. The molecule has 0 saturated heterocycles. The zero-order valence-corrected chi connectivity index (χ0v) is 14.8. The van der Waals surface area contributed by atoms with Crippen LogP contribution in [0.2, 0.25) is 0 Å². The van der Waals surface area contributed by atoms with Crippen LogP contribution in [0.5, 0.6) is 0 Å². The largest absolute Gasteiger partial charge is 0.377 e. The first kappa shape index (κ1) is 20.5. The van der Waals surface area contributed by atoms with Gasteiger partial charge >= 0.3 is 0 Å². The number of hydrogen-bond donors (Lipinski definition) is 1. The van der Waals surface area contributed by atoms with Crippen molar-refractivity contribution >= 4 is 5.91 Å². The Labute approximate surface area is 143 Å². The lowest BCUT2D eigenvalue weighted by Gasteiger charge is -2.07. The first-order chi connectivity index (χ1) is 11.8. The molecule has 0 atom stereocenters. The fourth-order valence-corrected chi connectivity index (χ4v) is 1.91. The molecule has 8 heteroatoms. The van der Waals surface area contributed by atoms with Crippen molar-refractivity contribution in [1.82, 2.24) is 20.3 Å². The number of hydrogen-bond acceptors (Lipinski definition) is 6. The molecular formula is C16H30N4O4. The summed E-state index contributed by atoms with van der Waals surface area (Å²) in [5.41, 5.74) is 1.02. The second-order valence-corrected chi connectivity index (χ2v) is 5.26. The molecule has 0 aliphatic rings. The third-order valence-corrected chi connectivity index (χ3v) is 3.19. The van der Waals surface area contributed by atoms with Gasteiger partial charge in [-0.1, -0.05) is 25.5 Å². The lowest BCUT2D eigenvalue weighted by molar-refractivity contribution is -0.121. The summed E-state index contributed by atoms with van der Waals surface area (Å²) in [5, 5.41) is 10.9. The first-order valence-corrected chi connectivity index (χ1v) is 8.65. The minimum absolute atomic E-state index is 0.0412. The van der Waals surface area contributed by atoms with Gasteiger partial charge in [-0.3, -0.25) is 4.79 Å². The molecule has 1 heterocycles. The van der Waals surface area contributed by atoms with E-state index in [2.05, 4.69) is 22.6 Å². The van der Waals surface area contributed by atoms with Crippen LogP contribution in [0.3, 0.4) is 0 Å². The molecule has 24 heavy (non-hydrogen) atoms. The SMILES string of the molecule is CCCc1cn(CCOCCOCCOCCNC(=O)CC)nn1. The van der Waals surface area contributed by atoms with Gasteiger partial charge < -0.3 is 19.5 Å². The summed E-state index contributed by atoms with van der Waals surface area (Å²) in [4.78, 5) is 11.0. The molecule has 1 N–H and O–H groups in total. The van der Waals surface area contributed by atoms with Crippen LogP contribution in [0.4, 0.5) is 0 Å². The second-order valence-electron chi connectivity index (χ2n) is 5.26. The molecule has 8 nitrogen and oxygen atoms in total. The van der Waals surface area contributed by atoms with Crippen molar-refractivity contribution in [2.24, 2.45) is 0 Å². The van der Waals surface area contributed by atoms with Crippen molar-refractivity contribution in [3.05, 3.63) is 11.9 Å². The molecular weight excluding hydrogens is 312 g/mol. The van der Waals surface area contributed by atoms with E-state index in [4.69, 9.17) is 14.2 Å². The van der Waals surface area contributed by atoms with Crippen molar-refractivity contribution in [2.75, 3.05) is 46.2 Å². The van der Waals surface area contributed by atoms with Gasteiger partial charge in [0.1, 0.15) is 0 Å². The van der Waals surface area contributed by atoms with E-state index in [0.717, 1.165) is 18.5 Å². The smallest absolute Gasteiger partial charge is 0.219 e. The zero-order chi connectivity index (χ0) is 17.5. The maximum absolute atomic E-state index is 11.0. The summed E-state index contributed by atoms with van der Waals surface area (Å²) in [6.07, 6.45) is 4.49. The molecule has 138 valence electrons. The van der Waals surface area contributed by atoms with Crippen LogP contribution in [0.25, 0.3) is 0 Å². The highest BCUT2D eigenvalue weighted by Crippen LogP contribution is 1.97. The van der Waals surface area contributed by atoms with Crippen LogP contribution < -0.4 is 5.32 Å². The van der Waals surface area contributed by atoms with E-state index in [0.29, 0.717) is 59.2 Å². The number of amides is 1. The van der Waals surface area contributed by atoms with Crippen LogP contribution in [0.15, 0.2) is 6.20 Å². The van der Waals surface area contributed by atoms with Crippen LogP contribution >= 0.6 is 0 Å². The van der Waals surface area contributed by atoms with Crippen molar-refractivity contribution in [3.8, 4) is 0 Å². The minimum atomic E-state index is 0.0412. The van der Waals surface area contributed by atoms with Gasteiger partial charge in [-0.15, -0.1) is 5.10 Å². The first-order valence-electron chi connectivity index (χ1n) is 8.65. The fraction of sp³-hybridized carbons (Fsp3) is 0.812. The number of aromatic nitrogens is 3. The van der Waals surface area contributed by atoms with Gasteiger partial charge in [0.15, 0.2) is 0 Å². The van der Waals surface area contributed by atoms with E-state index in [1.54, 1.807) is 4.68 Å². The Morgan fingerprint density at radius 2 is 1.75 bits per heavy atom. The molecule has 0 aliphatic heterocycles. The number of aryl methyl sites for hydroxylation is 1. The Bertz CT molecular complexity index is 439. The van der Waals surface area contributed by atoms with Crippen LogP contribution in [-0.4, -0.2) is 67.1 Å². The maximum Gasteiger partial charge on any atom is 0.219 e. The Hall–Kier alpha value is -1.51. The third kappa shape index (κ3) is 10.3. The van der Waals surface area contributed by atoms with E-state index >= 15 is 0 Å². The quantitative estimate of drug-likeness (QED) is 0.475. The van der Waals surface area contributed by atoms with Gasteiger partial charge in [0.2, 0.25) is 5.91 Å². The molecule has 0 radical (unpaired) electrons. The van der Waals surface area contributed by atoms with E-state index in [1.165, 1.54) is 0 Å². The lowest BCUT2D eigenvalue weighted by atomic mass is 10.3. The zero-order valence-electron chi connectivity index (χ0n) is 14.8. The summed E-state index contributed by atoms with van der Waals surface area (Å²) >= 11 is 0. The summed E-state index contributed by atoms with van der Waals surface area (Å²) in [6, 6.07) is 0. The van der Waals surface area contributed by atoms with Crippen molar-refractivity contribution < 1.29 is 19.0 Å². The van der Waals surface area contributed by atoms with E-state index in [9.17, 15) is 4.79 Å². The highest BCUT2D eigenvalue weighted by atomic mass is 16.5. The Morgan fingerprint density at radius 1 is 1.08 bits per heavy atom. The standard InChI is InChI=1S/C16H30N4O4/c1-3-5-15-14-20(19-18-15)7-9-23-11-13-24-12-10-22-8-6-17-16(21)4-2/h14H,3-13H2,1-2H3,(H,17,21). The van der Waals surface area contributed by atoms with Crippen molar-refractivity contribution in [2.45, 2.75) is 39.7 Å². The van der Waals surface area contributed by atoms with Gasteiger partial charge in [0.25, 0.3) is 0 Å². The number of carbonyl (C=O) groups excluding carboxylic acids is 1. The molecule has 0 aromatic carbocycles. The predicted molar refractivity (Wildman–Crippen MR) is 89.8 cm³/mol. The van der Waals surface area contributed by atoms with Crippen molar-refractivity contribution in [1.29, 1.82) is 0 Å². The Balaban J connectivity index is 1.82. The fourth-order valence-electron chi connectivity index (χ4n) is 1.91. The van der Waals surface area contributed by atoms with Crippen LogP contribution in [0, 0.1) is 0 Å². The Morgan fingerprint density at radius 3 is 2.42 bits per heavy atom. The molecule has 0 spiro atoms. The van der Waals surface area contributed by atoms with Gasteiger partial charge in [0.05, 0.1) is 51.9 Å². The van der Waals surface area contributed by atoms with Gasteiger partial charge in [-0.2, -0.15) is 0 Å². The molecule has 1 aromatic rings. The summed E-state index contributed by atoms with van der Waals surface area (Å²) in [5.74, 6) is 0.0412. The van der Waals surface area contributed by atoms with Gasteiger partial charge in [-0.25, -0.2) is 4.68 Å². The highest BCUT2D eigenvalue weighted by molar-refractivity contribution is 5.75. The molecule has 0 bridgehead atoms. The third-order valence-electron chi connectivity index (χ3n) is 3.19. The average molecular weight is 342 g/mol. The molecule has 1 amide bonds. The Kier molecular flexibility index (Phi) is 11.9. The van der Waals surface area contributed by atoms with E-state index in [-0.39, 0.29) is 5.91 Å². The number of carbonyl (C=O) groups is 1. The number of nitrogens with one attached hydrogen (secondary N) is 1. The highest BCUT2D eigenvalue weighted by Gasteiger charge is 1.99. The lowest BCUT2D eigenvalue weighted by Crippen LogP contribution is -2.26. The summed E-state index contributed by atoms with van der Waals surface area (Å²) < 4.78 is 18.0. The minimum Gasteiger partial charge on any atom is -0.377 e. The number of nitrogens with zero attached hydrogens (tertiary/aromatic N) is 3. The topological polar surface area (TPSA) is 87.5 Å². The van der Waals surface area contributed by atoms with Gasteiger partial charge in [0, 0.05) is 19.2 Å².